The van der Waals surface area contributed by atoms with Crippen LogP contribution in [0.25, 0.3) is 10.9 Å². The van der Waals surface area contributed by atoms with E-state index in [2.05, 4.69) is 14.2 Å². The fraction of sp³-hybridized carbons (Fsp3) is 0.111. The average molecular weight is 243 g/mol. The molecule has 0 aliphatic carbocycles. The number of nitrogens with one attached hydrogen (secondary N) is 1. The molecule has 2 N–H and O–H groups in total. The molecule has 2 rings (SSSR count). The van der Waals surface area contributed by atoms with Gasteiger partial charge in [-0.1, -0.05) is 0 Å². The lowest BCUT2D eigenvalue weighted by molar-refractivity contribution is -0.102. The number of aryl methyl sites for hydroxylation is 1. The highest BCUT2D eigenvalue weighted by atomic mass is 32.3. The predicted molar refractivity (Wildman–Crippen MR) is 56.3 cm³/mol. The smallest absolute Gasteiger partial charge is 0.361 e. The fourth-order valence-electron chi connectivity index (χ4n) is 1.37. The van der Waals surface area contributed by atoms with Gasteiger partial charge in [0.05, 0.1) is 0 Å². The molecule has 16 heavy (non-hydrogen) atoms. The molecule has 0 aliphatic heterocycles. The molecular weight excluding hydrogens is 234 g/mol. The molecule has 0 saturated carbocycles. The van der Waals surface area contributed by atoms with E-state index in [4.69, 9.17) is 4.55 Å². The minimum atomic E-state index is -4.60. The van der Waals surface area contributed by atoms with Crippen LogP contribution in [0, 0.1) is 6.92 Å². The van der Waals surface area contributed by atoms with E-state index in [1.54, 1.807) is 12.1 Å². The van der Waals surface area contributed by atoms with E-state index in [1.807, 2.05) is 13.1 Å². The third-order valence-electron chi connectivity index (χ3n) is 2.08. The molecule has 0 bridgehead atoms. The second-order valence-corrected chi connectivity index (χ2v) is 4.25. The van der Waals surface area contributed by atoms with Crippen molar-refractivity contribution in [1.29, 1.82) is 0 Å². The lowest BCUT2D eigenvalue weighted by Crippen LogP contribution is -2.06. The molecule has 0 saturated heterocycles. The molecule has 0 amide bonds. The second-order valence-electron chi connectivity index (χ2n) is 3.26. The first kappa shape index (κ1) is 10.9. The maximum atomic E-state index is 10.3. The molecule has 0 radical (unpaired) electrons. The summed E-state index contributed by atoms with van der Waals surface area (Å²) in [7, 11) is -4.60. The molecule has 86 valence electrons. The molecule has 0 fully saturated rings. The van der Waals surface area contributed by atoms with Gasteiger partial charge in [-0.15, -0.1) is 0 Å². The van der Waals surface area contributed by atoms with Crippen LogP contribution in [0.5, 0.6) is 5.75 Å². The fourth-order valence-corrected chi connectivity index (χ4v) is 1.54. The summed E-state index contributed by atoms with van der Waals surface area (Å²) in [4.78, 5) is 7.47. The maximum absolute atomic E-state index is 10.3. The molecule has 2 aromatic rings. The van der Waals surface area contributed by atoms with E-state index in [0.717, 1.165) is 16.5 Å². The van der Waals surface area contributed by atoms with Gasteiger partial charge in [-0.3, -0.25) is 4.55 Å². The SMILES string of the molecule is Cc1c[nH]c2ccc(OOS(=O)(=O)O)cc12. The summed E-state index contributed by atoms with van der Waals surface area (Å²) < 4.78 is 32.7. The second kappa shape index (κ2) is 3.78. The van der Waals surface area contributed by atoms with E-state index < -0.39 is 10.4 Å². The molecule has 0 spiro atoms. The van der Waals surface area contributed by atoms with E-state index in [9.17, 15) is 8.42 Å². The number of aromatic nitrogens is 1. The summed E-state index contributed by atoms with van der Waals surface area (Å²) in [6.07, 6.45) is 1.82. The van der Waals surface area contributed by atoms with Crippen LogP contribution < -0.4 is 4.89 Å². The summed E-state index contributed by atoms with van der Waals surface area (Å²) in [5.41, 5.74) is 1.89. The Morgan fingerprint density at radius 1 is 1.38 bits per heavy atom. The summed E-state index contributed by atoms with van der Waals surface area (Å²) >= 11 is 0. The highest BCUT2D eigenvalue weighted by Gasteiger charge is 2.08. The van der Waals surface area contributed by atoms with Gasteiger partial charge in [0.1, 0.15) is 0 Å². The molecule has 0 aliphatic rings. The third kappa shape index (κ3) is 2.32. The van der Waals surface area contributed by atoms with E-state index in [1.165, 1.54) is 6.07 Å². The summed E-state index contributed by atoms with van der Waals surface area (Å²) in [5.74, 6) is 0.188. The minimum absolute atomic E-state index is 0.188. The van der Waals surface area contributed by atoms with Crippen molar-refractivity contribution in [1.82, 2.24) is 4.98 Å². The summed E-state index contributed by atoms with van der Waals surface area (Å²) in [6.45, 7) is 1.90. The van der Waals surface area contributed by atoms with Crippen molar-refractivity contribution in [3.63, 3.8) is 0 Å². The maximum Gasteiger partial charge on any atom is 0.432 e. The molecule has 6 nitrogen and oxygen atoms in total. The largest absolute Gasteiger partial charge is 0.432 e. The van der Waals surface area contributed by atoms with E-state index >= 15 is 0 Å². The van der Waals surface area contributed by atoms with Crippen LogP contribution in [0.2, 0.25) is 0 Å². The number of benzene rings is 1. The van der Waals surface area contributed by atoms with E-state index in [-0.39, 0.29) is 5.75 Å². The van der Waals surface area contributed by atoms with Crippen LogP contribution in [-0.4, -0.2) is 18.0 Å². The van der Waals surface area contributed by atoms with Crippen molar-refractivity contribution in [2.45, 2.75) is 6.92 Å². The topological polar surface area (TPSA) is 88.6 Å². The number of aromatic amines is 1. The van der Waals surface area contributed by atoms with Crippen molar-refractivity contribution < 1.29 is 22.2 Å². The van der Waals surface area contributed by atoms with Gasteiger partial charge in [-0.2, -0.15) is 8.42 Å². The van der Waals surface area contributed by atoms with Gasteiger partial charge < -0.3 is 9.87 Å². The van der Waals surface area contributed by atoms with Crippen LogP contribution >= 0.6 is 0 Å². The quantitative estimate of drug-likeness (QED) is 0.485. The monoisotopic (exact) mass is 243 g/mol. The van der Waals surface area contributed by atoms with Crippen molar-refractivity contribution in [2.75, 3.05) is 0 Å². The molecule has 1 aromatic heterocycles. The zero-order chi connectivity index (χ0) is 11.8. The Morgan fingerprint density at radius 3 is 2.81 bits per heavy atom. The average Bonchev–Trinajstić information content (AvgIpc) is 2.56. The van der Waals surface area contributed by atoms with Crippen LogP contribution in [0.3, 0.4) is 0 Å². The van der Waals surface area contributed by atoms with Gasteiger partial charge in [-0.25, -0.2) is 0 Å². The number of rotatable bonds is 3. The Labute approximate surface area is 91.7 Å². The lowest BCUT2D eigenvalue weighted by Gasteiger charge is -2.01. The highest BCUT2D eigenvalue weighted by Crippen LogP contribution is 2.23. The van der Waals surface area contributed by atoms with Crippen LogP contribution in [0.15, 0.2) is 24.4 Å². The highest BCUT2D eigenvalue weighted by molar-refractivity contribution is 7.80. The number of H-pyrrole nitrogens is 1. The van der Waals surface area contributed by atoms with Gasteiger partial charge in [0.15, 0.2) is 5.75 Å². The van der Waals surface area contributed by atoms with Crippen molar-refractivity contribution >= 4 is 21.3 Å². The zero-order valence-electron chi connectivity index (χ0n) is 8.30. The Bertz CT molecular complexity index is 616. The number of fused-ring (bicyclic) bond motifs is 1. The Balaban J connectivity index is 2.29. The van der Waals surface area contributed by atoms with Crippen molar-refractivity contribution in [3.8, 4) is 5.75 Å². The summed E-state index contributed by atoms with van der Waals surface area (Å²) in [6, 6.07) is 4.83. The standard InChI is InChI=1S/C9H9NO5S/c1-6-5-10-9-3-2-7(4-8(6)9)14-15-16(11,12)13/h2-5,10H,1H3,(H,11,12,13). The van der Waals surface area contributed by atoms with Crippen molar-refractivity contribution in [3.05, 3.63) is 30.0 Å². The van der Waals surface area contributed by atoms with Crippen LogP contribution in [0.1, 0.15) is 5.56 Å². The minimum Gasteiger partial charge on any atom is -0.361 e. The molecule has 0 atom stereocenters. The molecule has 1 heterocycles. The number of hydrogen-bond donors (Lipinski definition) is 2. The Morgan fingerprint density at radius 2 is 2.12 bits per heavy atom. The first-order valence-electron chi connectivity index (χ1n) is 4.37. The van der Waals surface area contributed by atoms with Crippen LogP contribution in [-0.2, 0) is 14.7 Å². The normalized spacial score (nSPS) is 11.9. The molecule has 1 aromatic carbocycles. The molecule has 0 unspecified atom stereocenters. The van der Waals surface area contributed by atoms with Gasteiger partial charge in [-0.05, 0) is 35.0 Å². The molecule has 7 heteroatoms. The van der Waals surface area contributed by atoms with Crippen molar-refractivity contribution in [2.24, 2.45) is 0 Å². The van der Waals surface area contributed by atoms with Gasteiger partial charge in [0.2, 0.25) is 0 Å². The first-order chi connectivity index (χ1) is 7.46. The summed E-state index contributed by atoms with van der Waals surface area (Å²) in [5, 5.41) is 0.886. The number of hydrogen-bond acceptors (Lipinski definition) is 4. The Kier molecular flexibility index (Phi) is 2.58. The third-order valence-corrected chi connectivity index (χ3v) is 2.32. The molecular formula is C9H9NO5S. The van der Waals surface area contributed by atoms with E-state index in [0.29, 0.717) is 0 Å². The predicted octanol–water partition coefficient (Wildman–Crippen LogP) is 1.59. The zero-order valence-corrected chi connectivity index (χ0v) is 9.11. The Hall–Kier alpha value is -1.57. The first-order valence-corrected chi connectivity index (χ1v) is 5.73. The lowest BCUT2D eigenvalue weighted by atomic mass is 10.2. The van der Waals surface area contributed by atoms with Gasteiger partial charge >= 0.3 is 10.4 Å². The van der Waals surface area contributed by atoms with Crippen LogP contribution in [0.4, 0.5) is 0 Å². The van der Waals surface area contributed by atoms with Gasteiger partial charge in [0, 0.05) is 17.1 Å². The van der Waals surface area contributed by atoms with Gasteiger partial charge in [0.25, 0.3) is 0 Å².